The Bertz CT molecular complexity index is 1320. The summed E-state index contributed by atoms with van der Waals surface area (Å²) in [5, 5.41) is -1.16. The lowest BCUT2D eigenvalue weighted by atomic mass is 9.86. The van der Waals surface area contributed by atoms with Crippen molar-refractivity contribution in [1.29, 1.82) is 0 Å². The summed E-state index contributed by atoms with van der Waals surface area (Å²) < 4.78 is 78.8. The van der Waals surface area contributed by atoms with Crippen molar-refractivity contribution in [2.75, 3.05) is 20.4 Å². The second-order valence-electron chi connectivity index (χ2n) is 9.20. The van der Waals surface area contributed by atoms with E-state index < -0.39 is 43.7 Å². The molecule has 2 aliphatic rings. The van der Waals surface area contributed by atoms with Gasteiger partial charge < -0.3 is 15.2 Å². The Hall–Kier alpha value is -2.99. The van der Waals surface area contributed by atoms with Crippen LogP contribution in [0.2, 0.25) is 0 Å². The summed E-state index contributed by atoms with van der Waals surface area (Å²) in [6.45, 7) is 2.39. The summed E-state index contributed by atoms with van der Waals surface area (Å²) >= 11 is 0. The number of benzene rings is 1. The highest BCUT2D eigenvalue weighted by atomic mass is 32.2. The maximum Gasteiger partial charge on any atom is 0.232 e. The van der Waals surface area contributed by atoms with Crippen molar-refractivity contribution in [2.24, 2.45) is 10.7 Å². The van der Waals surface area contributed by atoms with Gasteiger partial charge in [0.25, 0.3) is 0 Å². The van der Waals surface area contributed by atoms with Gasteiger partial charge in [-0.25, -0.2) is 31.6 Å². The van der Waals surface area contributed by atoms with E-state index in [1.165, 1.54) is 38.6 Å². The van der Waals surface area contributed by atoms with Gasteiger partial charge in [0.15, 0.2) is 20.4 Å². The Kier molecular flexibility index (Phi) is 6.86. The third-order valence-electron chi connectivity index (χ3n) is 6.82. The predicted octanol–water partition coefficient (Wildman–Crippen LogP) is 3.37. The maximum absolute atomic E-state index is 15.0. The van der Waals surface area contributed by atoms with E-state index in [-0.39, 0.29) is 47.5 Å². The third kappa shape index (κ3) is 4.15. The number of nitrogens with two attached hydrogens (primary N) is 1. The number of sulfone groups is 1. The van der Waals surface area contributed by atoms with Gasteiger partial charge in [-0.15, -0.1) is 0 Å². The molecule has 0 radical (unpaired) electrons. The molecule has 3 heterocycles. The number of fused-ring (bicyclic) bond motifs is 2. The number of hydrogen-bond donors (Lipinski definition) is 1. The second kappa shape index (κ2) is 9.47. The molecule has 0 amide bonds. The number of methoxy groups -OCH3 is 1. The van der Waals surface area contributed by atoms with Crippen molar-refractivity contribution < 1.29 is 31.1 Å². The zero-order valence-corrected chi connectivity index (χ0v) is 20.9. The van der Waals surface area contributed by atoms with Crippen molar-refractivity contribution in [2.45, 2.75) is 48.3 Å². The molecule has 1 aromatic carbocycles. The summed E-state index contributed by atoms with van der Waals surface area (Å²) in [7, 11) is -2.55. The van der Waals surface area contributed by atoms with E-state index in [0.717, 1.165) is 12.1 Å². The average molecular weight is 525 g/mol. The Balaban J connectivity index is 1.66. The average Bonchev–Trinajstić information content (AvgIpc) is 3.04. The minimum absolute atomic E-state index is 0.0279. The van der Waals surface area contributed by atoms with Crippen molar-refractivity contribution in [3.63, 3.8) is 0 Å². The lowest BCUT2D eigenvalue weighted by Gasteiger charge is -2.39. The first kappa shape index (κ1) is 26.1. The molecule has 2 N–H and O–H groups in total. The number of nitrogens with zero attached hydrogens (tertiary/aromatic N) is 3. The van der Waals surface area contributed by atoms with Gasteiger partial charge in [-0.1, -0.05) is 6.07 Å². The fourth-order valence-electron chi connectivity index (χ4n) is 4.88. The normalized spacial score (nSPS) is 28.0. The van der Waals surface area contributed by atoms with E-state index in [1.54, 1.807) is 6.92 Å². The van der Waals surface area contributed by atoms with E-state index >= 15 is 4.39 Å². The van der Waals surface area contributed by atoms with Crippen LogP contribution in [0.5, 0.6) is 5.88 Å². The Morgan fingerprint density at radius 3 is 2.72 bits per heavy atom. The Morgan fingerprint density at radius 2 is 2.08 bits per heavy atom. The van der Waals surface area contributed by atoms with Crippen molar-refractivity contribution >= 4 is 27.6 Å². The van der Waals surface area contributed by atoms with Crippen molar-refractivity contribution in [3.8, 4) is 5.88 Å². The molecule has 4 rings (SSSR count). The monoisotopic (exact) mass is 524 g/mol. The van der Waals surface area contributed by atoms with E-state index in [4.69, 9.17) is 15.2 Å². The van der Waals surface area contributed by atoms with Gasteiger partial charge in [0, 0.05) is 12.7 Å². The predicted molar refractivity (Wildman–Crippen MR) is 129 cm³/mol. The van der Waals surface area contributed by atoms with E-state index in [9.17, 15) is 17.2 Å². The molecule has 194 valence electrons. The highest BCUT2D eigenvalue weighted by molar-refractivity contribution is 7.94. The van der Waals surface area contributed by atoms with E-state index in [1.807, 2.05) is 0 Å². The molecule has 12 heteroatoms. The van der Waals surface area contributed by atoms with Crippen LogP contribution >= 0.6 is 0 Å². The number of rotatable bonds is 8. The Labute approximate surface area is 207 Å². The molecular weight excluding hydrogens is 497 g/mol. The molecule has 1 saturated heterocycles. The van der Waals surface area contributed by atoms with Crippen LogP contribution in [0, 0.1) is 5.82 Å². The maximum atomic E-state index is 15.0. The van der Waals surface area contributed by atoms with Crippen LogP contribution in [0.25, 0.3) is 11.9 Å². The number of amidine groups is 1. The number of halogens is 3. The molecule has 1 unspecified atom stereocenters. The minimum atomic E-state index is -4.08. The van der Waals surface area contributed by atoms with Gasteiger partial charge >= 0.3 is 0 Å². The van der Waals surface area contributed by atoms with E-state index in [0.29, 0.717) is 6.61 Å². The molecule has 1 fully saturated rings. The van der Waals surface area contributed by atoms with Crippen LogP contribution in [-0.4, -0.2) is 60.7 Å². The first-order chi connectivity index (χ1) is 17.0. The van der Waals surface area contributed by atoms with Crippen LogP contribution in [0.15, 0.2) is 35.6 Å². The fourth-order valence-corrected chi connectivity index (χ4v) is 7.52. The lowest BCUT2D eigenvalue weighted by molar-refractivity contribution is 0.0886. The fraction of sp³-hybridized carbons (Fsp3) is 0.458. The molecule has 0 spiro atoms. The molecule has 8 nitrogen and oxygen atoms in total. The highest BCUT2D eigenvalue weighted by Gasteiger charge is 2.65. The SMILES string of the molecule is COCC(C)Oc1cnc(/C(F)=C/c2ccc(F)c([C@@]3(C)N=C(N)[C@@]4(CF)CC[C@@H]3S4(=O)=O)c2)cn1. The quantitative estimate of drug-likeness (QED) is 0.563. The molecule has 0 saturated carbocycles. The summed E-state index contributed by atoms with van der Waals surface area (Å²) in [5.74, 6) is -1.65. The molecular formula is C24H27F3N4O4S. The van der Waals surface area contributed by atoms with Crippen LogP contribution in [-0.2, 0) is 20.1 Å². The number of aromatic nitrogens is 2. The minimum Gasteiger partial charge on any atom is -0.471 e. The number of alkyl halides is 1. The summed E-state index contributed by atoms with van der Waals surface area (Å²) in [5.41, 5.74) is 4.45. The molecule has 4 atom stereocenters. The highest BCUT2D eigenvalue weighted by Crippen LogP contribution is 2.51. The third-order valence-corrected chi connectivity index (χ3v) is 9.87. The molecule has 2 aliphatic heterocycles. The largest absolute Gasteiger partial charge is 0.471 e. The standard InChI is InChI=1S/C24H27F3N4O4S/c1-14(12-34-3)35-21-11-29-19(10-30-21)18(27)9-15-4-5-17(26)16(8-15)23(2)20-6-7-24(13-25,22(28)31-23)36(20,32)33/h4-5,8-11,14,20H,6-7,12-13H2,1-3H3,(H2,28,31)/b18-9-/t14?,20-,23+,24-/m0/s1. The van der Waals surface area contributed by atoms with Crippen LogP contribution < -0.4 is 10.5 Å². The first-order valence-electron chi connectivity index (χ1n) is 11.3. The zero-order chi connectivity index (χ0) is 26.3. The number of ether oxygens (including phenoxy) is 2. The summed E-state index contributed by atoms with van der Waals surface area (Å²) in [6.07, 6.45) is 3.36. The van der Waals surface area contributed by atoms with Crippen LogP contribution in [0.1, 0.15) is 43.5 Å². The summed E-state index contributed by atoms with van der Waals surface area (Å²) in [6, 6.07) is 3.76. The van der Waals surface area contributed by atoms with E-state index in [2.05, 4.69) is 15.0 Å². The topological polar surface area (TPSA) is 117 Å². The molecule has 0 aliphatic carbocycles. The first-order valence-corrected chi connectivity index (χ1v) is 12.8. The van der Waals surface area contributed by atoms with Gasteiger partial charge in [0.2, 0.25) is 5.88 Å². The van der Waals surface area contributed by atoms with Gasteiger partial charge in [-0.05, 0) is 50.5 Å². The molecule has 36 heavy (non-hydrogen) atoms. The summed E-state index contributed by atoms with van der Waals surface area (Å²) in [4.78, 5) is 12.4. The van der Waals surface area contributed by atoms with Crippen LogP contribution in [0.4, 0.5) is 13.2 Å². The number of aliphatic imine (C=N–C) groups is 1. The molecule has 2 bridgehead atoms. The smallest absolute Gasteiger partial charge is 0.232 e. The van der Waals surface area contributed by atoms with Crippen molar-refractivity contribution in [3.05, 3.63) is 53.2 Å². The van der Waals surface area contributed by atoms with Crippen molar-refractivity contribution in [1.82, 2.24) is 9.97 Å². The van der Waals surface area contributed by atoms with Gasteiger partial charge in [-0.2, -0.15) is 0 Å². The van der Waals surface area contributed by atoms with Crippen LogP contribution in [0.3, 0.4) is 0 Å². The Morgan fingerprint density at radius 1 is 1.33 bits per heavy atom. The lowest BCUT2D eigenvalue weighted by Crippen LogP contribution is -2.58. The molecule has 1 aromatic heterocycles. The zero-order valence-electron chi connectivity index (χ0n) is 20.0. The van der Waals surface area contributed by atoms with Gasteiger partial charge in [0.1, 0.15) is 35.7 Å². The number of hydrogen-bond acceptors (Lipinski definition) is 8. The van der Waals surface area contributed by atoms with Gasteiger partial charge in [-0.3, -0.25) is 4.99 Å². The second-order valence-corrected chi connectivity index (χ2v) is 11.6. The molecule has 2 aromatic rings. The van der Waals surface area contributed by atoms with Gasteiger partial charge in [0.05, 0.1) is 24.3 Å².